The quantitative estimate of drug-likeness (QED) is 0.591. The second kappa shape index (κ2) is 3.74. The standard InChI is InChI=1S/C9H17N3O2/c1-2-14-8(13)12-4-3-10-5-9(12)6-11-7-9/h10-11H,2-7H2,1H3. The molecule has 0 aromatic rings. The molecule has 2 heterocycles. The average Bonchev–Trinajstić information content (AvgIpc) is 2.16. The molecule has 2 aliphatic rings. The Hall–Kier alpha value is -0.810. The van der Waals surface area contributed by atoms with Gasteiger partial charge in [0.15, 0.2) is 0 Å². The molecule has 2 saturated heterocycles. The number of carbonyl (C=O) groups is 1. The van der Waals surface area contributed by atoms with E-state index in [9.17, 15) is 4.79 Å². The number of carbonyl (C=O) groups excluding carboxylic acids is 1. The summed E-state index contributed by atoms with van der Waals surface area (Å²) in [6, 6.07) is 0. The molecule has 2 rings (SSSR count). The van der Waals surface area contributed by atoms with Gasteiger partial charge in [0.05, 0.1) is 12.1 Å². The van der Waals surface area contributed by atoms with Crippen molar-refractivity contribution in [1.82, 2.24) is 15.5 Å². The Morgan fingerprint density at radius 1 is 1.43 bits per heavy atom. The fourth-order valence-corrected chi connectivity index (χ4v) is 2.06. The Bertz CT molecular complexity index is 228. The molecule has 5 nitrogen and oxygen atoms in total. The first-order chi connectivity index (χ1) is 6.78. The molecule has 1 spiro atoms. The van der Waals surface area contributed by atoms with Crippen LogP contribution in [0, 0.1) is 0 Å². The van der Waals surface area contributed by atoms with E-state index in [-0.39, 0.29) is 11.6 Å². The van der Waals surface area contributed by atoms with Crippen LogP contribution in [0.25, 0.3) is 0 Å². The van der Waals surface area contributed by atoms with Gasteiger partial charge in [0, 0.05) is 32.7 Å². The van der Waals surface area contributed by atoms with Gasteiger partial charge in [0.1, 0.15) is 0 Å². The van der Waals surface area contributed by atoms with Crippen LogP contribution in [0.1, 0.15) is 6.92 Å². The Labute approximate surface area is 83.8 Å². The number of amides is 1. The van der Waals surface area contributed by atoms with Gasteiger partial charge in [-0.2, -0.15) is 0 Å². The van der Waals surface area contributed by atoms with E-state index in [1.165, 1.54) is 0 Å². The van der Waals surface area contributed by atoms with Crippen molar-refractivity contribution < 1.29 is 9.53 Å². The minimum absolute atomic E-state index is 0.0233. The number of ether oxygens (including phenoxy) is 1. The molecular weight excluding hydrogens is 182 g/mol. The molecule has 0 atom stereocenters. The Balaban J connectivity index is 2.03. The van der Waals surface area contributed by atoms with E-state index in [1.807, 2.05) is 11.8 Å². The van der Waals surface area contributed by atoms with Crippen molar-refractivity contribution >= 4 is 6.09 Å². The molecular formula is C9H17N3O2. The summed E-state index contributed by atoms with van der Waals surface area (Å²) in [5, 5.41) is 6.52. The minimum Gasteiger partial charge on any atom is -0.450 e. The first-order valence-electron chi connectivity index (χ1n) is 5.14. The van der Waals surface area contributed by atoms with E-state index in [4.69, 9.17) is 4.74 Å². The van der Waals surface area contributed by atoms with Gasteiger partial charge < -0.3 is 15.4 Å². The lowest BCUT2D eigenvalue weighted by atomic mass is 9.88. The van der Waals surface area contributed by atoms with E-state index < -0.39 is 0 Å². The maximum absolute atomic E-state index is 11.7. The third-order valence-corrected chi connectivity index (χ3v) is 2.94. The van der Waals surface area contributed by atoms with Crippen LogP contribution in [0.3, 0.4) is 0 Å². The lowest BCUT2D eigenvalue weighted by Crippen LogP contribution is -2.76. The van der Waals surface area contributed by atoms with Gasteiger partial charge in [-0.25, -0.2) is 4.79 Å². The minimum atomic E-state index is -0.171. The maximum Gasteiger partial charge on any atom is 0.410 e. The van der Waals surface area contributed by atoms with Gasteiger partial charge in [0.2, 0.25) is 0 Å². The number of piperazine rings is 1. The zero-order valence-corrected chi connectivity index (χ0v) is 8.51. The van der Waals surface area contributed by atoms with Crippen molar-refractivity contribution in [2.45, 2.75) is 12.5 Å². The van der Waals surface area contributed by atoms with Gasteiger partial charge in [-0.15, -0.1) is 0 Å². The number of hydrogen-bond acceptors (Lipinski definition) is 4. The van der Waals surface area contributed by atoms with Crippen molar-refractivity contribution in [2.24, 2.45) is 0 Å². The summed E-state index contributed by atoms with van der Waals surface area (Å²) in [6.07, 6.45) is -0.171. The van der Waals surface area contributed by atoms with Gasteiger partial charge in [0.25, 0.3) is 0 Å². The van der Waals surface area contributed by atoms with E-state index in [0.29, 0.717) is 6.61 Å². The van der Waals surface area contributed by atoms with Crippen molar-refractivity contribution in [1.29, 1.82) is 0 Å². The predicted octanol–water partition coefficient (Wildman–Crippen LogP) is -0.610. The molecule has 14 heavy (non-hydrogen) atoms. The number of rotatable bonds is 1. The van der Waals surface area contributed by atoms with E-state index >= 15 is 0 Å². The summed E-state index contributed by atoms with van der Waals surface area (Å²) in [5.74, 6) is 0. The first-order valence-corrected chi connectivity index (χ1v) is 5.14. The summed E-state index contributed by atoms with van der Waals surface area (Å²) in [7, 11) is 0. The molecule has 0 radical (unpaired) electrons. The largest absolute Gasteiger partial charge is 0.450 e. The van der Waals surface area contributed by atoms with E-state index in [2.05, 4.69) is 10.6 Å². The number of nitrogens with one attached hydrogen (secondary N) is 2. The molecule has 80 valence electrons. The van der Waals surface area contributed by atoms with E-state index in [1.54, 1.807) is 0 Å². The third kappa shape index (κ3) is 1.46. The molecule has 0 aliphatic carbocycles. The molecule has 1 amide bonds. The van der Waals surface area contributed by atoms with E-state index in [0.717, 1.165) is 32.7 Å². The third-order valence-electron chi connectivity index (χ3n) is 2.94. The molecule has 2 N–H and O–H groups in total. The average molecular weight is 199 g/mol. The highest BCUT2D eigenvalue weighted by Gasteiger charge is 2.46. The zero-order valence-electron chi connectivity index (χ0n) is 8.51. The van der Waals surface area contributed by atoms with Crippen molar-refractivity contribution in [2.75, 3.05) is 39.3 Å². The van der Waals surface area contributed by atoms with Gasteiger partial charge >= 0.3 is 6.09 Å². The lowest BCUT2D eigenvalue weighted by molar-refractivity contribution is 0.00940. The molecule has 0 aromatic heterocycles. The van der Waals surface area contributed by atoms with Crippen LogP contribution in [0.15, 0.2) is 0 Å². The highest BCUT2D eigenvalue weighted by atomic mass is 16.6. The number of hydrogen-bond donors (Lipinski definition) is 2. The van der Waals surface area contributed by atoms with Gasteiger partial charge in [-0.1, -0.05) is 0 Å². The Morgan fingerprint density at radius 3 is 2.71 bits per heavy atom. The molecule has 0 saturated carbocycles. The normalized spacial score (nSPS) is 24.5. The summed E-state index contributed by atoms with van der Waals surface area (Å²) in [4.78, 5) is 13.5. The fourth-order valence-electron chi connectivity index (χ4n) is 2.06. The van der Waals surface area contributed by atoms with Crippen LogP contribution in [0.4, 0.5) is 4.79 Å². The lowest BCUT2D eigenvalue weighted by Gasteiger charge is -2.52. The summed E-state index contributed by atoms with van der Waals surface area (Å²) in [6.45, 7) is 6.52. The Kier molecular flexibility index (Phi) is 2.60. The fraction of sp³-hybridized carbons (Fsp3) is 0.889. The van der Waals surface area contributed by atoms with Crippen LogP contribution in [0.5, 0.6) is 0 Å². The van der Waals surface area contributed by atoms with Gasteiger partial charge in [-0.05, 0) is 6.92 Å². The molecule has 0 aromatic carbocycles. The van der Waals surface area contributed by atoms with Crippen LogP contribution in [-0.4, -0.2) is 55.9 Å². The highest BCUT2D eigenvalue weighted by molar-refractivity contribution is 5.69. The van der Waals surface area contributed by atoms with Crippen molar-refractivity contribution in [3.8, 4) is 0 Å². The smallest absolute Gasteiger partial charge is 0.410 e. The maximum atomic E-state index is 11.7. The summed E-state index contributed by atoms with van der Waals surface area (Å²) < 4.78 is 5.04. The SMILES string of the molecule is CCOC(=O)N1CCNCC12CNC2. The number of nitrogens with zero attached hydrogens (tertiary/aromatic N) is 1. The summed E-state index contributed by atoms with van der Waals surface area (Å²) in [5.41, 5.74) is -0.0233. The monoisotopic (exact) mass is 199 g/mol. The van der Waals surface area contributed by atoms with Crippen LogP contribution in [0.2, 0.25) is 0 Å². The highest BCUT2D eigenvalue weighted by Crippen LogP contribution is 2.22. The molecule has 2 fully saturated rings. The molecule has 0 unspecified atom stereocenters. The predicted molar refractivity (Wildman–Crippen MR) is 52.2 cm³/mol. The van der Waals surface area contributed by atoms with Crippen molar-refractivity contribution in [3.63, 3.8) is 0 Å². The summed E-state index contributed by atoms with van der Waals surface area (Å²) >= 11 is 0. The molecule has 5 heteroatoms. The zero-order chi connectivity index (χ0) is 10.0. The van der Waals surface area contributed by atoms with Crippen LogP contribution in [-0.2, 0) is 4.74 Å². The van der Waals surface area contributed by atoms with Gasteiger partial charge in [-0.3, -0.25) is 4.90 Å². The topological polar surface area (TPSA) is 53.6 Å². The molecule has 0 bridgehead atoms. The Morgan fingerprint density at radius 2 is 2.14 bits per heavy atom. The second-order valence-corrected chi connectivity index (χ2v) is 3.86. The first kappa shape index (κ1) is 9.73. The van der Waals surface area contributed by atoms with Crippen molar-refractivity contribution in [3.05, 3.63) is 0 Å². The molecule has 2 aliphatic heterocycles. The second-order valence-electron chi connectivity index (χ2n) is 3.86. The van der Waals surface area contributed by atoms with Crippen LogP contribution < -0.4 is 10.6 Å². The van der Waals surface area contributed by atoms with Crippen LogP contribution >= 0.6 is 0 Å².